The Kier molecular flexibility index (Phi) is 4.39. The molecule has 1 aliphatic carbocycles. The van der Waals surface area contributed by atoms with E-state index in [1.54, 1.807) is 0 Å². The fraction of sp³-hybridized carbons (Fsp3) is 0.909. The Morgan fingerprint density at radius 1 is 1.43 bits per heavy atom. The highest BCUT2D eigenvalue weighted by atomic mass is 16.4. The third-order valence-electron chi connectivity index (χ3n) is 3.23. The second-order valence-corrected chi connectivity index (χ2v) is 4.07. The molecule has 1 fully saturated rings. The Hall–Kier alpha value is -0.570. The predicted molar refractivity (Wildman–Crippen MR) is 56.3 cm³/mol. The van der Waals surface area contributed by atoms with Crippen molar-refractivity contribution in [3.8, 4) is 0 Å². The fourth-order valence-corrected chi connectivity index (χ4v) is 2.13. The molecule has 14 heavy (non-hydrogen) atoms. The predicted octanol–water partition coefficient (Wildman–Crippen LogP) is 1.97. The minimum Gasteiger partial charge on any atom is -0.481 e. The molecule has 0 aromatic heterocycles. The quantitative estimate of drug-likeness (QED) is 0.711. The van der Waals surface area contributed by atoms with Gasteiger partial charge in [0.1, 0.15) is 0 Å². The van der Waals surface area contributed by atoms with Gasteiger partial charge in [-0.15, -0.1) is 0 Å². The highest BCUT2D eigenvalue weighted by Gasteiger charge is 2.39. The summed E-state index contributed by atoms with van der Waals surface area (Å²) in [5.41, 5.74) is 0. The van der Waals surface area contributed by atoms with Gasteiger partial charge in [0.15, 0.2) is 0 Å². The van der Waals surface area contributed by atoms with Gasteiger partial charge in [-0.2, -0.15) is 0 Å². The number of carbonyl (C=O) groups is 1. The summed E-state index contributed by atoms with van der Waals surface area (Å²) >= 11 is 0. The molecule has 3 heteroatoms. The van der Waals surface area contributed by atoms with Gasteiger partial charge in [0, 0.05) is 6.04 Å². The highest BCUT2D eigenvalue weighted by Crippen LogP contribution is 2.32. The summed E-state index contributed by atoms with van der Waals surface area (Å²) < 4.78 is 0. The van der Waals surface area contributed by atoms with Crippen molar-refractivity contribution in [1.29, 1.82) is 0 Å². The molecule has 0 spiro atoms. The second-order valence-electron chi connectivity index (χ2n) is 4.07. The molecule has 0 radical (unpaired) electrons. The van der Waals surface area contributed by atoms with Gasteiger partial charge in [0.05, 0.1) is 5.92 Å². The average Bonchev–Trinajstić information content (AvgIpc) is 2.08. The van der Waals surface area contributed by atoms with E-state index in [0.29, 0.717) is 6.04 Å². The van der Waals surface area contributed by atoms with Crippen LogP contribution in [0.25, 0.3) is 0 Å². The molecular formula is C11H21NO2. The van der Waals surface area contributed by atoms with Gasteiger partial charge < -0.3 is 5.11 Å². The first-order chi connectivity index (χ1) is 6.70. The summed E-state index contributed by atoms with van der Waals surface area (Å²) in [5.74, 6) is -0.719. The number of nitrogens with zero attached hydrogens (tertiary/aromatic N) is 1. The van der Waals surface area contributed by atoms with Crippen molar-refractivity contribution in [3.63, 3.8) is 0 Å². The van der Waals surface area contributed by atoms with E-state index in [1.807, 2.05) is 0 Å². The van der Waals surface area contributed by atoms with E-state index in [9.17, 15) is 4.79 Å². The minimum absolute atomic E-state index is 0.105. The maximum Gasteiger partial charge on any atom is 0.308 e. The Labute approximate surface area is 86.1 Å². The summed E-state index contributed by atoms with van der Waals surface area (Å²) in [4.78, 5) is 13.2. The Bertz CT molecular complexity index is 194. The number of hydrogen-bond donors (Lipinski definition) is 1. The fourth-order valence-electron chi connectivity index (χ4n) is 2.13. The third-order valence-corrected chi connectivity index (χ3v) is 3.23. The molecule has 2 unspecified atom stereocenters. The lowest BCUT2D eigenvalue weighted by molar-refractivity contribution is -0.148. The molecule has 1 rings (SSSR count). The molecule has 0 amide bonds. The number of hydrogen-bond acceptors (Lipinski definition) is 2. The highest BCUT2D eigenvalue weighted by molar-refractivity contribution is 5.72. The van der Waals surface area contributed by atoms with Crippen LogP contribution in [0.2, 0.25) is 0 Å². The normalized spacial score (nSPS) is 26.2. The van der Waals surface area contributed by atoms with Crippen LogP contribution >= 0.6 is 0 Å². The lowest BCUT2D eigenvalue weighted by atomic mass is 9.78. The van der Waals surface area contributed by atoms with Gasteiger partial charge >= 0.3 is 5.97 Å². The van der Waals surface area contributed by atoms with E-state index in [1.165, 1.54) is 12.8 Å². The monoisotopic (exact) mass is 199 g/mol. The molecule has 3 nitrogen and oxygen atoms in total. The average molecular weight is 199 g/mol. The van der Waals surface area contributed by atoms with Crippen molar-refractivity contribution < 1.29 is 9.90 Å². The van der Waals surface area contributed by atoms with Crippen LogP contribution in [0.4, 0.5) is 0 Å². The molecule has 0 bridgehead atoms. The Morgan fingerprint density at radius 2 is 2.14 bits per heavy atom. The number of rotatable bonds is 6. The van der Waals surface area contributed by atoms with Crippen molar-refractivity contribution in [1.82, 2.24) is 4.90 Å². The summed E-state index contributed by atoms with van der Waals surface area (Å²) in [5, 5.41) is 8.95. The molecule has 1 saturated carbocycles. The Morgan fingerprint density at radius 3 is 2.50 bits per heavy atom. The Balaban J connectivity index is 2.40. The van der Waals surface area contributed by atoms with Crippen molar-refractivity contribution in [2.75, 3.05) is 13.1 Å². The molecule has 0 aromatic carbocycles. The summed E-state index contributed by atoms with van der Waals surface area (Å²) in [6, 6.07) is 0.309. The van der Waals surface area contributed by atoms with Crippen molar-refractivity contribution in [2.24, 2.45) is 5.92 Å². The summed E-state index contributed by atoms with van der Waals surface area (Å²) in [6.07, 6.45) is 4.29. The van der Waals surface area contributed by atoms with Crippen molar-refractivity contribution in [2.45, 2.75) is 45.6 Å². The van der Waals surface area contributed by atoms with E-state index in [-0.39, 0.29) is 5.92 Å². The van der Waals surface area contributed by atoms with E-state index in [4.69, 9.17) is 5.11 Å². The van der Waals surface area contributed by atoms with Crippen molar-refractivity contribution in [3.05, 3.63) is 0 Å². The van der Waals surface area contributed by atoms with E-state index in [2.05, 4.69) is 18.7 Å². The van der Waals surface area contributed by atoms with Gasteiger partial charge in [-0.25, -0.2) is 0 Å². The number of carboxylic acid groups (broad SMARTS) is 1. The summed E-state index contributed by atoms with van der Waals surface area (Å²) in [6.45, 7) is 6.33. The second kappa shape index (κ2) is 5.35. The molecule has 82 valence electrons. The largest absolute Gasteiger partial charge is 0.481 e. The number of carboxylic acids is 1. The molecule has 1 aliphatic rings. The van der Waals surface area contributed by atoms with Crippen LogP contribution in [0.5, 0.6) is 0 Å². The van der Waals surface area contributed by atoms with Crippen LogP contribution < -0.4 is 0 Å². The molecule has 0 saturated heterocycles. The van der Waals surface area contributed by atoms with E-state index in [0.717, 1.165) is 25.9 Å². The number of aliphatic carboxylic acids is 1. The molecule has 2 atom stereocenters. The zero-order valence-corrected chi connectivity index (χ0v) is 9.20. The molecular weight excluding hydrogens is 178 g/mol. The molecule has 0 aromatic rings. The zero-order valence-electron chi connectivity index (χ0n) is 9.20. The molecule has 0 heterocycles. The molecule has 1 N–H and O–H groups in total. The maximum atomic E-state index is 10.9. The lowest BCUT2D eigenvalue weighted by Gasteiger charge is -2.41. The van der Waals surface area contributed by atoms with E-state index >= 15 is 0 Å². The van der Waals surface area contributed by atoms with Crippen LogP contribution in [0.1, 0.15) is 39.5 Å². The van der Waals surface area contributed by atoms with Crippen LogP contribution in [0.3, 0.4) is 0 Å². The number of unbranched alkanes of at least 4 members (excludes halogenated alkanes) is 1. The first-order valence-electron chi connectivity index (χ1n) is 5.67. The minimum atomic E-state index is -0.615. The standard InChI is InChI=1S/C11H21NO2/c1-3-5-8-12(4-2)10-7-6-9(10)11(13)14/h9-10H,3-8H2,1-2H3,(H,13,14). The summed E-state index contributed by atoms with van der Waals surface area (Å²) in [7, 11) is 0. The van der Waals surface area contributed by atoms with Crippen LogP contribution in [-0.4, -0.2) is 35.1 Å². The maximum absolute atomic E-state index is 10.9. The smallest absolute Gasteiger partial charge is 0.308 e. The topological polar surface area (TPSA) is 40.5 Å². The SMILES string of the molecule is CCCCN(CC)C1CCC1C(=O)O. The first kappa shape index (κ1) is 11.5. The van der Waals surface area contributed by atoms with Crippen LogP contribution in [-0.2, 0) is 4.79 Å². The van der Waals surface area contributed by atoms with Crippen molar-refractivity contribution >= 4 is 5.97 Å². The van der Waals surface area contributed by atoms with E-state index < -0.39 is 5.97 Å². The third kappa shape index (κ3) is 2.47. The first-order valence-corrected chi connectivity index (χ1v) is 5.67. The lowest BCUT2D eigenvalue weighted by Crippen LogP contribution is -2.50. The van der Waals surface area contributed by atoms with Gasteiger partial charge in [-0.05, 0) is 32.4 Å². The van der Waals surface area contributed by atoms with Gasteiger partial charge in [0.25, 0.3) is 0 Å². The van der Waals surface area contributed by atoms with Gasteiger partial charge in [-0.3, -0.25) is 9.69 Å². The van der Waals surface area contributed by atoms with Gasteiger partial charge in [0.2, 0.25) is 0 Å². The van der Waals surface area contributed by atoms with Crippen LogP contribution in [0, 0.1) is 5.92 Å². The zero-order chi connectivity index (χ0) is 10.6. The van der Waals surface area contributed by atoms with Crippen LogP contribution in [0.15, 0.2) is 0 Å². The molecule has 0 aliphatic heterocycles. The van der Waals surface area contributed by atoms with Gasteiger partial charge in [-0.1, -0.05) is 20.3 Å².